The Bertz CT molecular complexity index is 470. The zero-order chi connectivity index (χ0) is 14.5. The van der Waals surface area contributed by atoms with Crippen LogP contribution in [0.15, 0.2) is 18.2 Å². The van der Waals surface area contributed by atoms with E-state index >= 15 is 0 Å². The Morgan fingerprint density at radius 1 is 1.45 bits per heavy atom. The molecule has 0 aliphatic heterocycles. The van der Waals surface area contributed by atoms with Crippen LogP contribution >= 0.6 is 0 Å². The van der Waals surface area contributed by atoms with E-state index in [0.717, 1.165) is 29.7 Å². The summed E-state index contributed by atoms with van der Waals surface area (Å²) in [4.78, 5) is 14.6. The Labute approximate surface area is 120 Å². The summed E-state index contributed by atoms with van der Waals surface area (Å²) in [5.74, 6) is 0.0916. The fourth-order valence-corrected chi connectivity index (χ4v) is 2.63. The molecule has 0 radical (unpaired) electrons. The molecule has 0 bridgehead atoms. The van der Waals surface area contributed by atoms with Crippen molar-refractivity contribution >= 4 is 11.6 Å². The first kappa shape index (κ1) is 14.9. The van der Waals surface area contributed by atoms with Gasteiger partial charge in [0.25, 0.3) is 5.91 Å². The molecule has 1 saturated carbocycles. The van der Waals surface area contributed by atoms with Gasteiger partial charge in [-0.15, -0.1) is 0 Å². The minimum atomic E-state index is 0.0916. The molecule has 4 nitrogen and oxygen atoms in total. The molecule has 1 amide bonds. The summed E-state index contributed by atoms with van der Waals surface area (Å²) in [5.41, 5.74) is 2.87. The minimum Gasteiger partial charge on any atom is -0.396 e. The Morgan fingerprint density at radius 3 is 2.70 bits per heavy atom. The fraction of sp³-hybridized carbons (Fsp3) is 0.562. The van der Waals surface area contributed by atoms with Crippen molar-refractivity contribution < 1.29 is 9.90 Å². The molecule has 2 N–H and O–H groups in total. The maximum absolute atomic E-state index is 12.7. The fourth-order valence-electron chi connectivity index (χ4n) is 2.63. The average Bonchev–Trinajstić information content (AvgIpc) is 2.40. The number of hydrogen-bond donors (Lipinski definition) is 2. The molecular weight excluding hydrogens is 252 g/mol. The third-order valence-corrected chi connectivity index (χ3v) is 4.08. The maximum atomic E-state index is 12.7. The monoisotopic (exact) mass is 276 g/mol. The first-order valence-corrected chi connectivity index (χ1v) is 7.37. The molecule has 1 aliphatic rings. The highest BCUT2D eigenvalue weighted by molar-refractivity contribution is 5.95. The smallest absolute Gasteiger partial charge is 0.254 e. The number of amides is 1. The molecule has 0 saturated heterocycles. The average molecular weight is 276 g/mol. The largest absolute Gasteiger partial charge is 0.396 e. The van der Waals surface area contributed by atoms with Crippen LogP contribution in [0.1, 0.15) is 41.6 Å². The third-order valence-electron chi connectivity index (χ3n) is 4.08. The van der Waals surface area contributed by atoms with Gasteiger partial charge in [-0.2, -0.15) is 0 Å². The van der Waals surface area contributed by atoms with Crippen LogP contribution in [0.2, 0.25) is 0 Å². The van der Waals surface area contributed by atoms with Crippen molar-refractivity contribution in [3.63, 3.8) is 0 Å². The lowest BCUT2D eigenvalue weighted by Crippen LogP contribution is -2.45. The van der Waals surface area contributed by atoms with Gasteiger partial charge < -0.3 is 15.3 Å². The number of aliphatic hydroxyl groups excluding tert-OH is 1. The van der Waals surface area contributed by atoms with Crippen LogP contribution in [0.3, 0.4) is 0 Å². The lowest BCUT2D eigenvalue weighted by molar-refractivity contribution is 0.0562. The van der Waals surface area contributed by atoms with Gasteiger partial charge in [-0.1, -0.05) is 0 Å². The van der Waals surface area contributed by atoms with Gasteiger partial charge in [0.15, 0.2) is 0 Å². The van der Waals surface area contributed by atoms with E-state index < -0.39 is 0 Å². The number of nitrogens with one attached hydrogen (secondary N) is 1. The van der Waals surface area contributed by atoms with E-state index in [-0.39, 0.29) is 12.5 Å². The van der Waals surface area contributed by atoms with E-state index in [0.29, 0.717) is 19.0 Å². The van der Waals surface area contributed by atoms with Crippen molar-refractivity contribution in [2.75, 3.05) is 25.5 Å². The van der Waals surface area contributed by atoms with Crippen molar-refractivity contribution in [3.8, 4) is 0 Å². The molecule has 110 valence electrons. The number of hydrogen-bond acceptors (Lipinski definition) is 3. The molecular formula is C16H24N2O2. The van der Waals surface area contributed by atoms with Crippen LogP contribution < -0.4 is 5.32 Å². The second-order valence-corrected chi connectivity index (χ2v) is 5.44. The molecule has 4 heteroatoms. The standard InChI is InChI=1S/C16H24N2O2/c1-12-11-13(7-8-15(12)17-2)16(20)18(9-4-10-19)14-5-3-6-14/h7-8,11,14,17,19H,3-6,9-10H2,1-2H3. The highest BCUT2D eigenvalue weighted by atomic mass is 16.3. The Kier molecular flexibility index (Phi) is 5.01. The molecule has 0 spiro atoms. The SMILES string of the molecule is CNc1ccc(C(=O)N(CCCO)C2CCC2)cc1C. The van der Waals surface area contributed by atoms with Crippen molar-refractivity contribution in [2.24, 2.45) is 0 Å². The van der Waals surface area contributed by atoms with Gasteiger partial charge in [-0.05, 0) is 56.4 Å². The van der Waals surface area contributed by atoms with Crippen molar-refractivity contribution in [2.45, 2.75) is 38.6 Å². The van der Waals surface area contributed by atoms with Crippen LogP contribution in [-0.4, -0.2) is 42.2 Å². The van der Waals surface area contributed by atoms with Crippen LogP contribution in [0.4, 0.5) is 5.69 Å². The van der Waals surface area contributed by atoms with E-state index in [2.05, 4.69) is 5.32 Å². The number of benzene rings is 1. The van der Waals surface area contributed by atoms with Gasteiger partial charge in [0.2, 0.25) is 0 Å². The second kappa shape index (κ2) is 6.75. The minimum absolute atomic E-state index is 0.0916. The van der Waals surface area contributed by atoms with E-state index in [4.69, 9.17) is 5.11 Å². The summed E-state index contributed by atoms with van der Waals surface area (Å²) in [6, 6.07) is 6.14. The van der Waals surface area contributed by atoms with Gasteiger partial charge >= 0.3 is 0 Å². The molecule has 1 aromatic carbocycles. The number of aryl methyl sites for hydroxylation is 1. The van der Waals surface area contributed by atoms with Gasteiger partial charge in [-0.3, -0.25) is 4.79 Å². The number of carbonyl (C=O) groups excluding carboxylic acids is 1. The van der Waals surface area contributed by atoms with Crippen LogP contribution in [0, 0.1) is 6.92 Å². The van der Waals surface area contributed by atoms with Crippen LogP contribution in [-0.2, 0) is 0 Å². The summed E-state index contributed by atoms with van der Waals surface area (Å²) < 4.78 is 0. The quantitative estimate of drug-likeness (QED) is 0.839. The van der Waals surface area contributed by atoms with Crippen molar-refractivity contribution in [3.05, 3.63) is 29.3 Å². The molecule has 20 heavy (non-hydrogen) atoms. The predicted octanol–water partition coefficient (Wildman–Crippen LogP) is 2.41. The van der Waals surface area contributed by atoms with E-state index in [9.17, 15) is 4.79 Å². The second-order valence-electron chi connectivity index (χ2n) is 5.44. The highest BCUT2D eigenvalue weighted by Gasteiger charge is 2.29. The summed E-state index contributed by atoms with van der Waals surface area (Å²) in [6.07, 6.45) is 4.02. The first-order valence-electron chi connectivity index (χ1n) is 7.37. The van der Waals surface area contributed by atoms with Crippen molar-refractivity contribution in [1.82, 2.24) is 4.90 Å². The summed E-state index contributed by atoms with van der Waals surface area (Å²) in [6.45, 7) is 2.78. The normalized spacial score (nSPS) is 14.8. The van der Waals surface area contributed by atoms with Gasteiger partial charge in [-0.25, -0.2) is 0 Å². The lowest BCUT2D eigenvalue weighted by Gasteiger charge is -2.37. The van der Waals surface area contributed by atoms with E-state index in [1.807, 2.05) is 37.1 Å². The zero-order valence-corrected chi connectivity index (χ0v) is 12.4. The highest BCUT2D eigenvalue weighted by Crippen LogP contribution is 2.27. The van der Waals surface area contributed by atoms with Gasteiger partial charge in [0.05, 0.1) is 0 Å². The Morgan fingerprint density at radius 2 is 2.20 bits per heavy atom. The number of nitrogens with zero attached hydrogens (tertiary/aromatic N) is 1. The maximum Gasteiger partial charge on any atom is 0.254 e. The topological polar surface area (TPSA) is 52.6 Å². The van der Waals surface area contributed by atoms with Crippen LogP contribution in [0.25, 0.3) is 0 Å². The summed E-state index contributed by atoms with van der Waals surface area (Å²) in [7, 11) is 1.88. The Hall–Kier alpha value is -1.55. The molecule has 0 aromatic heterocycles. The molecule has 1 aliphatic carbocycles. The van der Waals surface area contributed by atoms with Gasteiger partial charge in [0.1, 0.15) is 0 Å². The third kappa shape index (κ3) is 3.12. The van der Waals surface area contributed by atoms with Crippen LogP contribution in [0.5, 0.6) is 0 Å². The molecule has 0 atom stereocenters. The molecule has 0 unspecified atom stereocenters. The van der Waals surface area contributed by atoms with E-state index in [1.54, 1.807) is 0 Å². The number of rotatable bonds is 6. The lowest BCUT2D eigenvalue weighted by atomic mass is 9.90. The summed E-state index contributed by atoms with van der Waals surface area (Å²) >= 11 is 0. The first-order chi connectivity index (χ1) is 9.67. The molecule has 0 heterocycles. The number of carbonyl (C=O) groups is 1. The molecule has 1 aromatic rings. The zero-order valence-electron chi connectivity index (χ0n) is 12.4. The molecule has 2 rings (SSSR count). The predicted molar refractivity (Wildman–Crippen MR) is 81.1 cm³/mol. The van der Waals surface area contributed by atoms with Gasteiger partial charge in [0, 0.05) is 37.5 Å². The Balaban J connectivity index is 2.15. The van der Waals surface area contributed by atoms with E-state index in [1.165, 1.54) is 6.42 Å². The number of aliphatic hydroxyl groups is 1. The summed E-state index contributed by atoms with van der Waals surface area (Å²) in [5, 5.41) is 12.1. The molecule has 1 fully saturated rings. The number of anilines is 1. The van der Waals surface area contributed by atoms with Crippen molar-refractivity contribution in [1.29, 1.82) is 0 Å².